The molecule has 3 fully saturated rings. The Hall–Kier alpha value is -3.69. The monoisotopic (exact) mass is 596 g/mol. The molecule has 2 aliphatic heterocycles. The summed E-state index contributed by atoms with van der Waals surface area (Å²) in [6.07, 6.45) is 7.79. The van der Waals surface area contributed by atoms with Gasteiger partial charge in [0.15, 0.2) is 0 Å². The third-order valence-electron chi connectivity index (χ3n) is 10.1. The van der Waals surface area contributed by atoms with Crippen LogP contribution in [0, 0.1) is 12.8 Å². The van der Waals surface area contributed by atoms with Gasteiger partial charge in [0, 0.05) is 63.0 Å². The van der Waals surface area contributed by atoms with Crippen LogP contribution in [0.25, 0.3) is 27.8 Å². The number of carbonyl (C=O) groups is 2. The molecule has 2 saturated heterocycles. The SMILES string of the molecule is COC(C)C(=O)N1CCC(c2cccc3cc(-c4nn5cc(C(=O)N6CCCC(N)C6)ccc5c4C)n(CC4CC4)c23)CC1. The molecule has 1 aliphatic carbocycles. The van der Waals surface area contributed by atoms with Gasteiger partial charge in [-0.3, -0.25) is 9.59 Å². The van der Waals surface area contributed by atoms with E-state index in [0.717, 1.165) is 74.3 Å². The summed E-state index contributed by atoms with van der Waals surface area (Å²) >= 11 is 0. The van der Waals surface area contributed by atoms with Crippen molar-refractivity contribution in [2.24, 2.45) is 11.7 Å². The van der Waals surface area contributed by atoms with E-state index in [1.54, 1.807) is 7.11 Å². The van der Waals surface area contributed by atoms with Crippen molar-refractivity contribution >= 4 is 28.2 Å². The fraction of sp³-hybridized carbons (Fsp3) is 0.514. The molecule has 0 spiro atoms. The number of benzene rings is 1. The number of hydrogen-bond donors (Lipinski definition) is 1. The van der Waals surface area contributed by atoms with Gasteiger partial charge in [0.25, 0.3) is 11.8 Å². The van der Waals surface area contributed by atoms with E-state index in [9.17, 15) is 9.59 Å². The van der Waals surface area contributed by atoms with Gasteiger partial charge in [0.2, 0.25) is 0 Å². The molecule has 1 saturated carbocycles. The number of nitrogens with two attached hydrogens (primary N) is 1. The molecule has 2 N–H and O–H groups in total. The Morgan fingerprint density at radius 1 is 1.05 bits per heavy atom. The molecule has 9 nitrogen and oxygen atoms in total. The summed E-state index contributed by atoms with van der Waals surface area (Å²) in [5.74, 6) is 1.17. The summed E-state index contributed by atoms with van der Waals surface area (Å²) in [6, 6.07) is 13.0. The molecule has 7 rings (SSSR count). The van der Waals surface area contributed by atoms with Crippen LogP contribution >= 0.6 is 0 Å². The molecular formula is C35H44N6O3. The lowest BCUT2D eigenvalue weighted by Gasteiger charge is -2.34. The number of ether oxygens (including phenoxy) is 1. The Balaban J connectivity index is 1.24. The van der Waals surface area contributed by atoms with Gasteiger partial charge in [-0.2, -0.15) is 5.10 Å². The lowest BCUT2D eigenvalue weighted by molar-refractivity contribution is -0.142. The van der Waals surface area contributed by atoms with Gasteiger partial charge in [-0.05, 0) is 88.0 Å². The van der Waals surface area contributed by atoms with Crippen LogP contribution in [0.1, 0.15) is 72.9 Å². The summed E-state index contributed by atoms with van der Waals surface area (Å²) in [7, 11) is 1.59. The Morgan fingerprint density at radius 3 is 2.57 bits per heavy atom. The fourth-order valence-electron chi connectivity index (χ4n) is 7.32. The summed E-state index contributed by atoms with van der Waals surface area (Å²) < 4.78 is 9.69. The van der Waals surface area contributed by atoms with Crippen molar-refractivity contribution in [3.05, 3.63) is 59.3 Å². The molecule has 2 unspecified atom stereocenters. The molecule has 2 amide bonds. The molecule has 3 aliphatic rings. The molecule has 0 radical (unpaired) electrons. The van der Waals surface area contributed by atoms with Crippen LogP contribution in [0.2, 0.25) is 0 Å². The van der Waals surface area contributed by atoms with Crippen LogP contribution in [0.5, 0.6) is 0 Å². The quantitative estimate of drug-likeness (QED) is 0.325. The Labute approximate surface area is 258 Å². The van der Waals surface area contributed by atoms with E-state index in [4.69, 9.17) is 15.6 Å². The minimum atomic E-state index is -0.403. The van der Waals surface area contributed by atoms with Crippen molar-refractivity contribution in [2.75, 3.05) is 33.3 Å². The van der Waals surface area contributed by atoms with Crippen LogP contribution in [0.3, 0.4) is 0 Å². The highest BCUT2D eigenvalue weighted by Gasteiger charge is 2.31. The van der Waals surface area contributed by atoms with Gasteiger partial charge >= 0.3 is 0 Å². The lowest BCUT2D eigenvalue weighted by atomic mass is 9.88. The smallest absolute Gasteiger partial charge is 0.255 e. The van der Waals surface area contributed by atoms with E-state index >= 15 is 0 Å². The number of aromatic nitrogens is 3. The number of amides is 2. The number of pyridine rings is 1. The Morgan fingerprint density at radius 2 is 1.84 bits per heavy atom. The number of hydrogen-bond acceptors (Lipinski definition) is 5. The van der Waals surface area contributed by atoms with Gasteiger partial charge in [-0.15, -0.1) is 0 Å². The largest absolute Gasteiger partial charge is 0.372 e. The number of piperidine rings is 2. The first-order valence-corrected chi connectivity index (χ1v) is 16.3. The number of likely N-dealkylation sites (tertiary alicyclic amines) is 2. The molecule has 232 valence electrons. The van der Waals surface area contributed by atoms with Crippen molar-refractivity contribution in [3.63, 3.8) is 0 Å². The zero-order chi connectivity index (χ0) is 30.5. The van der Waals surface area contributed by atoms with Crippen molar-refractivity contribution in [2.45, 2.75) is 77.0 Å². The first-order chi connectivity index (χ1) is 21.3. The van der Waals surface area contributed by atoms with E-state index in [-0.39, 0.29) is 17.9 Å². The number of carbonyl (C=O) groups excluding carboxylic acids is 2. The number of aryl methyl sites for hydroxylation is 1. The van der Waals surface area contributed by atoms with E-state index in [1.807, 2.05) is 39.6 Å². The highest BCUT2D eigenvalue weighted by Crippen LogP contribution is 2.41. The third-order valence-corrected chi connectivity index (χ3v) is 10.1. The second-order valence-electron chi connectivity index (χ2n) is 13.2. The second kappa shape index (κ2) is 11.7. The first-order valence-electron chi connectivity index (χ1n) is 16.3. The van der Waals surface area contributed by atoms with Crippen LogP contribution in [-0.4, -0.2) is 81.2 Å². The molecule has 5 heterocycles. The van der Waals surface area contributed by atoms with Gasteiger partial charge in [0.05, 0.1) is 22.3 Å². The van der Waals surface area contributed by atoms with Crippen molar-refractivity contribution in [1.29, 1.82) is 0 Å². The molecule has 3 aromatic heterocycles. The Bertz CT molecular complexity index is 1710. The zero-order valence-electron chi connectivity index (χ0n) is 26.2. The predicted octanol–water partition coefficient (Wildman–Crippen LogP) is 4.98. The minimum Gasteiger partial charge on any atom is -0.372 e. The molecular weight excluding hydrogens is 552 g/mol. The molecule has 9 heteroatoms. The highest BCUT2D eigenvalue weighted by atomic mass is 16.5. The second-order valence-corrected chi connectivity index (χ2v) is 13.2. The predicted molar refractivity (Wildman–Crippen MR) is 172 cm³/mol. The van der Waals surface area contributed by atoms with Crippen LogP contribution in [0.15, 0.2) is 42.6 Å². The van der Waals surface area contributed by atoms with Crippen LogP contribution < -0.4 is 5.73 Å². The summed E-state index contributed by atoms with van der Waals surface area (Å²) in [6.45, 7) is 7.79. The van der Waals surface area contributed by atoms with Gasteiger partial charge in [0.1, 0.15) is 11.8 Å². The summed E-state index contributed by atoms with van der Waals surface area (Å²) in [4.78, 5) is 29.9. The zero-order valence-corrected chi connectivity index (χ0v) is 26.2. The van der Waals surface area contributed by atoms with Crippen LogP contribution in [-0.2, 0) is 16.1 Å². The van der Waals surface area contributed by atoms with Crippen molar-refractivity contribution in [1.82, 2.24) is 24.0 Å². The van der Waals surface area contributed by atoms with E-state index in [0.29, 0.717) is 23.9 Å². The van der Waals surface area contributed by atoms with E-state index in [1.165, 1.54) is 29.3 Å². The maximum atomic E-state index is 13.3. The number of nitrogens with zero attached hydrogens (tertiary/aromatic N) is 5. The highest BCUT2D eigenvalue weighted by molar-refractivity contribution is 5.95. The average Bonchev–Trinajstić information content (AvgIpc) is 3.72. The fourth-order valence-corrected chi connectivity index (χ4v) is 7.32. The topological polar surface area (TPSA) is 98.1 Å². The number of methoxy groups -OCH3 is 1. The van der Waals surface area contributed by atoms with Gasteiger partial charge < -0.3 is 24.8 Å². The van der Waals surface area contributed by atoms with Gasteiger partial charge in [-0.1, -0.05) is 18.2 Å². The third kappa shape index (κ3) is 5.30. The van der Waals surface area contributed by atoms with Gasteiger partial charge in [-0.25, -0.2) is 4.52 Å². The Kier molecular flexibility index (Phi) is 7.70. The number of para-hydroxylation sites is 1. The van der Waals surface area contributed by atoms with E-state index < -0.39 is 6.10 Å². The maximum Gasteiger partial charge on any atom is 0.255 e. The van der Waals surface area contributed by atoms with Crippen molar-refractivity contribution < 1.29 is 14.3 Å². The minimum absolute atomic E-state index is 0.0219. The standard InChI is InChI=1S/C35H44N6O3/c1-22-30-12-11-27(35(43)39-15-5-7-28(36)21-39)20-41(30)37-32(22)31-18-26-6-4-8-29(33(26)40(31)19-24-9-10-24)25-13-16-38(17-14-25)34(42)23(2)44-3/h4,6,8,11-12,18,20,23-25,28H,5,7,9-10,13-17,19,21,36H2,1-3H3. The molecule has 2 atom stereocenters. The lowest BCUT2D eigenvalue weighted by Crippen LogP contribution is -2.45. The molecule has 4 aromatic rings. The maximum absolute atomic E-state index is 13.3. The molecule has 1 aromatic carbocycles. The first kappa shape index (κ1) is 29.0. The summed E-state index contributed by atoms with van der Waals surface area (Å²) in [5, 5.41) is 6.34. The van der Waals surface area contributed by atoms with E-state index in [2.05, 4.69) is 35.8 Å². The van der Waals surface area contributed by atoms with Crippen molar-refractivity contribution in [3.8, 4) is 11.4 Å². The average molecular weight is 597 g/mol. The number of rotatable bonds is 7. The summed E-state index contributed by atoms with van der Waals surface area (Å²) in [5.41, 5.74) is 13.7. The van der Waals surface area contributed by atoms with Crippen LogP contribution in [0.4, 0.5) is 0 Å². The number of fused-ring (bicyclic) bond motifs is 2. The molecule has 0 bridgehead atoms. The molecule has 44 heavy (non-hydrogen) atoms. The normalized spacial score (nSPS) is 20.5.